The second kappa shape index (κ2) is 7.69. The summed E-state index contributed by atoms with van der Waals surface area (Å²) < 4.78 is 6.57. The van der Waals surface area contributed by atoms with Crippen LogP contribution >= 0.6 is 11.5 Å². The Bertz CT molecular complexity index is 1050. The highest BCUT2D eigenvalue weighted by Gasteiger charge is 2.16. The monoisotopic (exact) mass is 396 g/mol. The third-order valence-corrected chi connectivity index (χ3v) is 5.29. The number of hydrogen-bond acceptors (Lipinski definition) is 8. The smallest absolute Gasteiger partial charge is 0.180 e. The summed E-state index contributed by atoms with van der Waals surface area (Å²) in [4.78, 5) is 9.38. The molecular weight excluding hydrogens is 372 g/mol. The van der Waals surface area contributed by atoms with Gasteiger partial charge in [-0.05, 0) is 30.1 Å². The van der Waals surface area contributed by atoms with Crippen molar-refractivity contribution in [3.05, 3.63) is 41.6 Å². The van der Waals surface area contributed by atoms with Gasteiger partial charge in [0.2, 0.25) is 0 Å². The Hall–Kier alpha value is -2.78. The van der Waals surface area contributed by atoms with Crippen LogP contribution in [0.4, 0.5) is 10.8 Å². The van der Waals surface area contributed by atoms with Crippen LogP contribution in [0.15, 0.2) is 29.6 Å². The van der Waals surface area contributed by atoms with Gasteiger partial charge in [-0.25, -0.2) is 9.97 Å². The van der Waals surface area contributed by atoms with Crippen molar-refractivity contribution < 1.29 is 0 Å². The number of hydrogen-bond donors (Lipinski definition) is 2. The van der Waals surface area contributed by atoms with Crippen molar-refractivity contribution in [2.75, 3.05) is 25.5 Å². The highest BCUT2D eigenvalue weighted by Crippen LogP contribution is 2.28. The van der Waals surface area contributed by atoms with E-state index >= 15 is 0 Å². The number of nitrogens with two attached hydrogens (primary N) is 1. The summed E-state index contributed by atoms with van der Waals surface area (Å²) in [5.74, 6) is 1.10. The van der Waals surface area contributed by atoms with E-state index in [1.165, 1.54) is 11.5 Å². The Morgan fingerprint density at radius 3 is 2.89 bits per heavy atom. The number of allylic oxidation sites excluding steroid dienone is 1. The predicted octanol–water partition coefficient (Wildman–Crippen LogP) is 2.87. The number of rotatable bonds is 6. The normalized spacial score (nSPS) is 14.2. The Balaban J connectivity index is 1.76. The zero-order valence-corrected chi connectivity index (χ0v) is 17.1. The van der Waals surface area contributed by atoms with E-state index in [9.17, 15) is 0 Å². The molecule has 0 saturated carbocycles. The minimum absolute atomic E-state index is 0.386. The number of likely N-dealkylation sites (N-methyl/N-ethyl adjacent to an activating group) is 1. The largest absolute Gasteiger partial charge is 0.330 e. The molecule has 28 heavy (non-hydrogen) atoms. The van der Waals surface area contributed by atoms with Gasteiger partial charge < -0.3 is 11.1 Å². The number of aromatic nitrogens is 4. The second-order valence-corrected chi connectivity index (χ2v) is 7.90. The van der Waals surface area contributed by atoms with Gasteiger partial charge in [0.1, 0.15) is 5.00 Å². The van der Waals surface area contributed by atoms with Gasteiger partial charge in [0.15, 0.2) is 11.5 Å². The van der Waals surface area contributed by atoms with E-state index in [-0.39, 0.29) is 0 Å². The van der Waals surface area contributed by atoms with Gasteiger partial charge in [-0.3, -0.25) is 9.41 Å². The third kappa shape index (κ3) is 3.63. The van der Waals surface area contributed by atoms with Crippen LogP contribution in [-0.4, -0.2) is 50.1 Å². The molecule has 0 atom stereocenters. The molecule has 3 aromatic rings. The molecule has 0 spiro atoms. The standard InChI is InChI=1S/C19H24N8S/c1-12(2)15-8-17(28-25-15)24-18-19-21-10-16(13-5-7-26(3)22-9-13)27(19)11-14(23-18)4-6-20/h5,8-12H,4,6-7,20H2,1-3H3,(H,23,24). The first-order valence-electron chi connectivity index (χ1n) is 9.31. The van der Waals surface area contributed by atoms with Crippen molar-refractivity contribution in [2.45, 2.75) is 26.2 Å². The molecule has 3 aromatic heterocycles. The number of anilines is 2. The molecule has 3 N–H and O–H groups in total. The maximum absolute atomic E-state index is 5.78. The van der Waals surface area contributed by atoms with Gasteiger partial charge in [0, 0.05) is 25.2 Å². The van der Waals surface area contributed by atoms with Crippen molar-refractivity contribution in [1.29, 1.82) is 0 Å². The van der Waals surface area contributed by atoms with Gasteiger partial charge in [-0.15, -0.1) is 0 Å². The van der Waals surface area contributed by atoms with Gasteiger partial charge in [-0.2, -0.15) is 9.47 Å². The quantitative estimate of drug-likeness (QED) is 0.665. The van der Waals surface area contributed by atoms with E-state index in [2.05, 4.69) is 50.2 Å². The number of nitrogens with zero attached hydrogens (tertiary/aromatic N) is 6. The van der Waals surface area contributed by atoms with E-state index in [0.717, 1.165) is 39.8 Å². The lowest BCUT2D eigenvalue weighted by Crippen LogP contribution is -2.16. The maximum atomic E-state index is 5.78. The summed E-state index contributed by atoms with van der Waals surface area (Å²) in [6.07, 6.45) is 8.57. The van der Waals surface area contributed by atoms with Crippen LogP contribution in [0.25, 0.3) is 11.2 Å². The molecule has 1 aliphatic rings. The summed E-state index contributed by atoms with van der Waals surface area (Å²) in [6, 6.07) is 2.07. The molecule has 0 fully saturated rings. The Kier molecular flexibility index (Phi) is 5.10. The lowest BCUT2D eigenvalue weighted by atomic mass is 10.1. The molecule has 0 unspecified atom stereocenters. The predicted molar refractivity (Wildman–Crippen MR) is 114 cm³/mol. The summed E-state index contributed by atoms with van der Waals surface area (Å²) in [7, 11) is 1.95. The van der Waals surface area contributed by atoms with Crippen molar-refractivity contribution in [3.63, 3.8) is 0 Å². The van der Waals surface area contributed by atoms with Crippen LogP contribution in [0.2, 0.25) is 0 Å². The Morgan fingerprint density at radius 1 is 1.36 bits per heavy atom. The average Bonchev–Trinajstić information content (AvgIpc) is 3.30. The van der Waals surface area contributed by atoms with Gasteiger partial charge in [0.05, 0.1) is 36.0 Å². The fourth-order valence-corrected chi connectivity index (χ4v) is 3.79. The molecule has 0 saturated heterocycles. The fourth-order valence-electron chi connectivity index (χ4n) is 3.00. The van der Waals surface area contributed by atoms with Crippen molar-refractivity contribution >= 4 is 39.8 Å². The van der Waals surface area contributed by atoms with Crippen molar-refractivity contribution in [1.82, 2.24) is 23.8 Å². The maximum Gasteiger partial charge on any atom is 0.180 e. The summed E-state index contributed by atoms with van der Waals surface area (Å²) in [5, 5.41) is 10.6. The van der Waals surface area contributed by atoms with Crippen LogP contribution in [0.1, 0.15) is 36.8 Å². The number of fused-ring (bicyclic) bond motifs is 1. The van der Waals surface area contributed by atoms with E-state index in [1.807, 2.05) is 30.7 Å². The minimum atomic E-state index is 0.386. The van der Waals surface area contributed by atoms with Gasteiger partial charge in [-0.1, -0.05) is 19.9 Å². The van der Waals surface area contributed by atoms with Crippen molar-refractivity contribution in [2.24, 2.45) is 10.8 Å². The zero-order valence-electron chi connectivity index (χ0n) is 16.3. The molecule has 9 heteroatoms. The van der Waals surface area contributed by atoms with E-state index in [0.29, 0.717) is 24.7 Å². The number of hydrazone groups is 1. The Labute approximate surface area is 168 Å². The molecule has 4 heterocycles. The third-order valence-electron chi connectivity index (χ3n) is 4.57. The molecule has 0 bridgehead atoms. The van der Waals surface area contributed by atoms with Crippen LogP contribution in [0.3, 0.4) is 0 Å². The second-order valence-electron chi connectivity index (χ2n) is 7.10. The molecule has 0 amide bonds. The first-order valence-corrected chi connectivity index (χ1v) is 10.1. The van der Waals surface area contributed by atoms with E-state index < -0.39 is 0 Å². The van der Waals surface area contributed by atoms with Crippen LogP contribution in [-0.2, 0) is 6.42 Å². The average molecular weight is 397 g/mol. The molecule has 4 rings (SSSR count). The summed E-state index contributed by atoms with van der Waals surface area (Å²) >= 11 is 1.43. The molecule has 146 valence electrons. The fraction of sp³-hybridized carbons (Fsp3) is 0.368. The first-order chi connectivity index (χ1) is 13.5. The molecular formula is C19H24N8S. The van der Waals surface area contributed by atoms with Crippen LogP contribution in [0, 0.1) is 0 Å². The lowest BCUT2D eigenvalue weighted by Gasteiger charge is -2.16. The lowest BCUT2D eigenvalue weighted by molar-refractivity contribution is 0.394. The molecule has 0 radical (unpaired) electrons. The van der Waals surface area contributed by atoms with E-state index in [4.69, 9.17) is 10.7 Å². The molecule has 8 nitrogen and oxygen atoms in total. The van der Waals surface area contributed by atoms with Crippen molar-refractivity contribution in [3.8, 4) is 0 Å². The first kappa shape index (κ1) is 18.6. The van der Waals surface area contributed by atoms with Crippen LogP contribution in [0.5, 0.6) is 0 Å². The summed E-state index contributed by atoms with van der Waals surface area (Å²) in [6.45, 7) is 5.57. The van der Waals surface area contributed by atoms with Gasteiger partial charge >= 0.3 is 0 Å². The van der Waals surface area contributed by atoms with E-state index in [1.54, 1.807) is 0 Å². The Morgan fingerprint density at radius 2 is 2.21 bits per heavy atom. The highest BCUT2D eigenvalue weighted by molar-refractivity contribution is 7.10. The summed E-state index contributed by atoms with van der Waals surface area (Å²) in [5.41, 5.74) is 10.6. The molecule has 0 aromatic carbocycles. The number of imidazole rings is 1. The highest BCUT2D eigenvalue weighted by atomic mass is 32.1. The molecule has 0 aliphatic carbocycles. The minimum Gasteiger partial charge on any atom is -0.330 e. The number of nitrogens with one attached hydrogen (secondary N) is 1. The topological polar surface area (TPSA) is 96.7 Å². The SMILES string of the molecule is CC(C)c1cc(Nc2nc(CCN)cn3c(C4=CCN(C)N=C4)cnc23)sn1. The zero-order chi connectivity index (χ0) is 19.7. The van der Waals surface area contributed by atoms with Gasteiger partial charge in [0.25, 0.3) is 0 Å². The molecule has 1 aliphatic heterocycles. The van der Waals surface area contributed by atoms with Crippen LogP contribution < -0.4 is 11.1 Å².